The van der Waals surface area contributed by atoms with Gasteiger partial charge < -0.3 is 9.40 Å². The van der Waals surface area contributed by atoms with Gasteiger partial charge in [0.1, 0.15) is 5.76 Å². The van der Waals surface area contributed by atoms with Crippen LogP contribution in [0.15, 0.2) is 86.1 Å². The van der Waals surface area contributed by atoms with Crippen molar-refractivity contribution >= 4 is 33.7 Å². The van der Waals surface area contributed by atoms with E-state index < -0.39 is 0 Å². The first-order chi connectivity index (χ1) is 15.2. The number of thioether (sulfide) groups is 1. The minimum Gasteiger partial charge on any atom is -0.467 e. The van der Waals surface area contributed by atoms with Gasteiger partial charge in [0, 0.05) is 12.3 Å². The fourth-order valence-corrected chi connectivity index (χ4v) is 4.59. The number of hydrogen-bond donors (Lipinski definition) is 1. The molecule has 0 amide bonds. The smallest absolute Gasteiger partial charge is 0.326 e. The molecule has 0 aliphatic carbocycles. The number of aromatic nitrogens is 4. The zero-order valence-electron chi connectivity index (χ0n) is 16.7. The second-order valence-electron chi connectivity index (χ2n) is 7.18. The topological polar surface area (TPSA) is 85.8 Å². The van der Waals surface area contributed by atoms with Gasteiger partial charge in [0.25, 0.3) is 5.56 Å². The summed E-state index contributed by atoms with van der Waals surface area (Å²) in [7, 11) is 0. The molecule has 2 aromatic carbocycles. The quantitative estimate of drug-likeness (QED) is 0.240. The number of para-hydroxylation sites is 3. The highest BCUT2D eigenvalue weighted by molar-refractivity contribution is 7.99. The minimum atomic E-state index is -0.107. The number of benzene rings is 2. The summed E-state index contributed by atoms with van der Waals surface area (Å²) in [6.07, 6.45) is 2.36. The van der Waals surface area contributed by atoms with E-state index in [2.05, 4.69) is 4.98 Å². The van der Waals surface area contributed by atoms with Crippen molar-refractivity contribution < 1.29 is 4.42 Å². The molecule has 31 heavy (non-hydrogen) atoms. The molecule has 1 N–H and O–H groups in total. The van der Waals surface area contributed by atoms with Gasteiger partial charge in [0.15, 0.2) is 5.16 Å². The molecular weight excluding hydrogens is 412 g/mol. The number of nitrogens with one attached hydrogen (secondary N) is 1. The summed E-state index contributed by atoms with van der Waals surface area (Å²) in [6, 6.07) is 18.7. The maximum absolute atomic E-state index is 13.1. The Bertz CT molecular complexity index is 1460. The van der Waals surface area contributed by atoms with Gasteiger partial charge in [0.05, 0.1) is 34.7 Å². The summed E-state index contributed by atoms with van der Waals surface area (Å²) in [5.41, 5.74) is 2.22. The van der Waals surface area contributed by atoms with E-state index in [1.54, 1.807) is 27.5 Å². The van der Waals surface area contributed by atoms with Gasteiger partial charge in [-0.1, -0.05) is 36.0 Å². The summed E-state index contributed by atoms with van der Waals surface area (Å²) >= 11 is 1.52. The Kier molecular flexibility index (Phi) is 5.21. The first kappa shape index (κ1) is 19.4. The molecule has 7 nitrogen and oxygen atoms in total. The predicted molar refractivity (Wildman–Crippen MR) is 122 cm³/mol. The molecule has 0 fully saturated rings. The zero-order chi connectivity index (χ0) is 21.2. The summed E-state index contributed by atoms with van der Waals surface area (Å²) in [5, 5.41) is 1.23. The van der Waals surface area contributed by atoms with Crippen LogP contribution in [0, 0.1) is 0 Å². The second-order valence-corrected chi connectivity index (χ2v) is 8.25. The highest BCUT2D eigenvalue weighted by Gasteiger charge is 2.13. The molecular formula is C23H20N4O3S. The summed E-state index contributed by atoms with van der Waals surface area (Å²) in [6.45, 7) is 0.916. The average molecular weight is 433 g/mol. The number of H-pyrrole nitrogens is 1. The van der Waals surface area contributed by atoms with Crippen molar-refractivity contribution in [3.8, 4) is 0 Å². The molecule has 0 aliphatic heterocycles. The average Bonchev–Trinajstić information content (AvgIpc) is 3.41. The van der Waals surface area contributed by atoms with Gasteiger partial charge in [-0.25, -0.2) is 9.78 Å². The lowest BCUT2D eigenvalue weighted by molar-refractivity contribution is 0.476. The third-order valence-electron chi connectivity index (χ3n) is 5.16. The molecule has 5 rings (SSSR count). The molecule has 3 heterocycles. The van der Waals surface area contributed by atoms with E-state index in [0.717, 1.165) is 23.2 Å². The summed E-state index contributed by atoms with van der Waals surface area (Å²) < 4.78 is 8.86. The lowest BCUT2D eigenvalue weighted by atomic mass is 10.2. The van der Waals surface area contributed by atoms with Crippen LogP contribution in [-0.4, -0.2) is 24.9 Å². The minimum absolute atomic E-state index is 0.0858. The Labute approximate surface area is 181 Å². The number of aryl methyl sites for hydroxylation is 1. The van der Waals surface area contributed by atoms with Crippen molar-refractivity contribution in [2.24, 2.45) is 0 Å². The number of fused-ring (bicyclic) bond motifs is 2. The molecule has 0 spiro atoms. The first-order valence-electron chi connectivity index (χ1n) is 10.0. The van der Waals surface area contributed by atoms with Gasteiger partial charge in [-0.05, 0) is 42.8 Å². The van der Waals surface area contributed by atoms with Crippen LogP contribution in [-0.2, 0) is 13.1 Å². The first-order valence-corrected chi connectivity index (χ1v) is 11.0. The molecule has 156 valence electrons. The summed E-state index contributed by atoms with van der Waals surface area (Å²) in [5.74, 6) is 1.42. The number of hydrogen-bond acceptors (Lipinski definition) is 5. The van der Waals surface area contributed by atoms with E-state index in [4.69, 9.17) is 9.40 Å². The van der Waals surface area contributed by atoms with Gasteiger partial charge in [-0.15, -0.1) is 0 Å². The maximum Gasteiger partial charge on any atom is 0.326 e. The van der Waals surface area contributed by atoms with Crippen molar-refractivity contribution in [2.45, 2.75) is 24.7 Å². The third kappa shape index (κ3) is 3.82. The highest BCUT2D eigenvalue weighted by atomic mass is 32.2. The summed E-state index contributed by atoms with van der Waals surface area (Å²) in [4.78, 5) is 33.0. The van der Waals surface area contributed by atoms with Crippen molar-refractivity contribution in [3.05, 3.63) is 93.5 Å². The predicted octanol–water partition coefficient (Wildman–Crippen LogP) is 3.86. The standard InChI is InChI=1S/C23H20N4O3S/c28-21-17-8-1-2-9-18(17)25-23(27(21)15-16-7-5-13-30-16)31-14-6-12-26-20-11-4-3-10-19(20)24-22(26)29/h1-5,7-11,13H,6,12,14-15H2,(H,24,29). The number of furan rings is 1. The van der Waals surface area contributed by atoms with Crippen LogP contribution in [0.1, 0.15) is 12.2 Å². The van der Waals surface area contributed by atoms with Crippen LogP contribution >= 0.6 is 11.8 Å². The lowest BCUT2D eigenvalue weighted by Crippen LogP contribution is -2.24. The van der Waals surface area contributed by atoms with E-state index in [1.165, 1.54) is 11.8 Å². The van der Waals surface area contributed by atoms with Crippen LogP contribution in [0.2, 0.25) is 0 Å². The Morgan fingerprint density at radius 2 is 1.81 bits per heavy atom. The zero-order valence-corrected chi connectivity index (χ0v) is 17.5. The molecule has 0 radical (unpaired) electrons. The number of nitrogens with zero attached hydrogens (tertiary/aromatic N) is 3. The Balaban J connectivity index is 1.38. The number of rotatable bonds is 7. The van der Waals surface area contributed by atoms with Gasteiger partial charge in [0.2, 0.25) is 0 Å². The van der Waals surface area contributed by atoms with Gasteiger partial charge in [-0.3, -0.25) is 13.9 Å². The molecule has 0 saturated heterocycles. The van der Waals surface area contributed by atoms with Crippen LogP contribution in [0.5, 0.6) is 0 Å². The van der Waals surface area contributed by atoms with Gasteiger partial charge >= 0.3 is 5.69 Å². The van der Waals surface area contributed by atoms with E-state index in [9.17, 15) is 9.59 Å². The van der Waals surface area contributed by atoms with E-state index in [-0.39, 0.29) is 11.2 Å². The van der Waals surface area contributed by atoms with Crippen molar-refractivity contribution in [1.82, 2.24) is 19.1 Å². The Morgan fingerprint density at radius 3 is 2.68 bits per heavy atom. The molecule has 0 atom stereocenters. The van der Waals surface area contributed by atoms with Crippen molar-refractivity contribution in [3.63, 3.8) is 0 Å². The fourth-order valence-electron chi connectivity index (χ4n) is 3.67. The van der Waals surface area contributed by atoms with Crippen LogP contribution in [0.3, 0.4) is 0 Å². The van der Waals surface area contributed by atoms with Crippen molar-refractivity contribution in [1.29, 1.82) is 0 Å². The van der Waals surface area contributed by atoms with E-state index >= 15 is 0 Å². The number of aromatic amines is 1. The molecule has 0 bridgehead atoms. The van der Waals surface area contributed by atoms with Crippen LogP contribution in [0.4, 0.5) is 0 Å². The molecule has 3 aromatic heterocycles. The maximum atomic E-state index is 13.1. The molecule has 0 unspecified atom stereocenters. The molecule has 5 aromatic rings. The Morgan fingerprint density at radius 1 is 0.968 bits per heavy atom. The van der Waals surface area contributed by atoms with Crippen LogP contribution < -0.4 is 11.2 Å². The van der Waals surface area contributed by atoms with Crippen LogP contribution in [0.25, 0.3) is 21.9 Å². The SMILES string of the molecule is O=c1c2ccccc2nc(SCCCn2c(=O)[nH]c3ccccc32)n1Cc1ccco1. The normalized spacial score (nSPS) is 11.5. The van der Waals surface area contributed by atoms with Gasteiger partial charge in [-0.2, -0.15) is 0 Å². The molecule has 0 saturated carbocycles. The van der Waals surface area contributed by atoms with E-state index in [0.29, 0.717) is 34.9 Å². The second kappa shape index (κ2) is 8.31. The largest absolute Gasteiger partial charge is 0.467 e. The third-order valence-corrected chi connectivity index (χ3v) is 6.22. The van der Waals surface area contributed by atoms with E-state index in [1.807, 2.05) is 48.5 Å². The number of imidazole rings is 1. The molecule has 8 heteroatoms. The lowest BCUT2D eigenvalue weighted by Gasteiger charge is -2.12. The molecule has 0 aliphatic rings. The highest BCUT2D eigenvalue weighted by Crippen LogP contribution is 2.20. The van der Waals surface area contributed by atoms with Crippen molar-refractivity contribution in [2.75, 3.05) is 5.75 Å². The monoisotopic (exact) mass is 432 g/mol. The Hall–Kier alpha value is -3.52. The fraction of sp³-hybridized carbons (Fsp3) is 0.174.